The zero-order valence-corrected chi connectivity index (χ0v) is 8.83. The molecule has 1 N–H and O–H groups in total. The Kier molecular flexibility index (Phi) is 4.74. The molecule has 0 radical (unpaired) electrons. The Morgan fingerprint density at radius 2 is 2.23 bits per heavy atom. The zero-order chi connectivity index (χ0) is 9.68. The van der Waals surface area contributed by atoms with Crippen LogP contribution in [0.25, 0.3) is 0 Å². The van der Waals surface area contributed by atoms with Gasteiger partial charge in [-0.25, -0.2) is 0 Å². The molecule has 1 aliphatic rings. The predicted molar refractivity (Wildman–Crippen MR) is 53.7 cm³/mol. The molecule has 1 aliphatic heterocycles. The van der Waals surface area contributed by atoms with Crippen molar-refractivity contribution in [2.45, 2.75) is 58.2 Å². The topological polar surface area (TPSA) is 29.5 Å². The molecule has 0 bridgehead atoms. The molecule has 0 amide bonds. The lowest BCUT2D eigenvalue weighted by molar-refractivity contribution is 0.0270. The third kappa shape index (κ3) is 2.96. The first-order valence-corrected chi connectivity index (χ1v) is 5.59. The highest BCUT2D eigenvalue weighted by Crippen LogP contribution is 2.28. The number of unbranched alkanes of at least 4 members (excludes halogenated alkanes) is 1. The third-order valence-electron chi connectivity index (χ3n) is 3.01. The summed E-state index contributed by atoms with van der Waals surface area (Å²) >= 11 is 0. The summed E-state index contributed by atoms with van der Waals surface area (Å²) in [7, 11) is 0. The Balaban J connectivity index is 2.31. The number of hydrogen-bond donors (Lipinski definition) is 1. The van der Waals surface area contributed by atoms with Crippen LogP contribution in [0.4, 0.5) is 0 Å². The van der Waals surface area contributed by atoms with Gasteiger partial charge in [-0.1, -0.05) is 26.7 Å². The first kappa shape index (κ1) is 11.0. The minimum Gasteiger partial charge on any atom is -0.393 e. The van der Waals surface area contributed by atoms with E-state index in [0.29, 0.717) is 12.0 Å². The lowest BCUT2D eigenvalue weighted by Gasteiger charge is -2.22. The van der Waals surface area contributed by atoms with Crippen LogP contribution in [0.15, 0.2) is 0 Å². The van der Waals surface area contributed by atoms with E-state index in [4.69, 9.17) is 4.74 Å². The zero-order valence-electron chi connectivity index (χ0n) is 8.83. The molecule has 0 saturated carbocycles. The normalized spacial score (nSPS) is 30.7. The number of aliphatic hydroxyl groups is 1. The number of ether oxygens (including phenoxy) is 1. The smallest absolute Gasteiger partial charge is 0.0626 e. The summed E-state index contributed by atoms with van der Waals surface area (Å²) in [4.78, 5) is 0. The molecule has 1 rings (SSSR count). The van der Waals surface area contributed by atoms with Crippen molar-refractivity contribution in [1.29, 1.82) is 0 Å². The average molecular weight is 186 g/mol. The van der Waals surface area contributed by atoms with Crippen molar-refractivity contribution in [3.05, 3.63) is 0 Å². The molecule has 0 spiro atoms. The Labute approximate surface area is 81.3 Å². The molecule has 0 aromatic heterocycles. The fourth-order valence-corrected chi connectivity index (χ4v) is 2.15. The molecule has 3 unspecified atom stereocenters. The van der Waals surface area contributed by atoms with E-state index < -0.39 is 0 Å². The monoisotopic (exact) mass is 186 g/mol. The highest BCUT2D eigenvalue weighted by atomic mass is 16.5. The molecular weight excluding hydrogens is 164 g/mol. The lowest BCUT2D eigenvalue weighted by atomic mass is 9.90. The first-order valence-electron chi connectivity index (χ1n) is 5.59. The highest BCUT2D eigenvalue weighted by molar-refractivity contribution is 4.80. The average Bonchev–Trinajstić information content (AvgIpc) is 2.61. The van der Waals surface area contributed by atoms with Gasteiger partial charge in [0.1, 0.15) is 0 Å². The van der Waals surface area contributed by atoms with Gasteiger partial charge >= 0.3 is 0 Å². The Morgan fingerprint density at radius 3 is 2.85 bits per heavy atom. The molecule has 0 aromatic carbocycles. The number of hydrogen-bond acceptors (Lipinski definition) is 2. The molecule has 1 saturated heterocycles. The van der Waals surface area contributed by atoms with Crippen LogP contribution in [0.1, 0.15) is 46.0 Å². The summed E-state index contributed by atoms with van der Waals surface area (Å²) < 4.78 is 5.56. The van der Waals surface area contributed by atoms with Gasteiger partial charge in [0.05, 0.1) is 12.2 Å². The van der Waals surface area contributed by atoms with Gasteiger partial charge < -0.3 is 9.84 Å². The van der Waals surface area contributed by atoms with Crippen LogP contribution >= 0.6 is 0 Å². The van der Waals surface area contributed by atoms with Gasteiger partial charge in [-0.2, -0.15) is 0 Å². The van der Waals surface area contributed by atoms with Crippen molar-refractivity contribution in [2.75, 3.05) is 6.61 Å². The summed E-state index contributed by atoms with van der Waals surface area (Å²) in [6.07, 6.45) is 5.51. The van der Waals surface area contributed by atoms with Gasteiger partial charge in [0.25, 0.3) is 0 Å². The second kappa shape index (κ2) is 5.61. The molecule has 1 heterocycles. The molecular formula is C11H22O2. The van der Waals surface area contributed by atoms with Crippen LogP contribution in [0, 0.1) is 5.92 Å². The standard InChI is InChI=1S/C11H22O2/c1-3-5-6-10(12)9-7-8-13-11(9)4-2/h9-12H,3-8H2,1-2H3. The van der Waals surface area contributed by atoms with Gasteiger partial charge in [0.2, 0.25) is 0 Å². The second-order valence-corrected chi connectivity index (χ2v) is 3.98. The first-order chi connectivity index (χ1) is 6.29. The number of aliphatic hydroxyl groups excluding tert-OH is 1. The van der Waals surface area contributed by atoms with E-state index in [0.717, 1.165) is 32.3 Å². The van der Waals surface area contributed by atoms with Crippen molar-refractivity contribution < 1.29 is 9.84 Å². The summed E-state index contributed by atoms with van der Waals surface area (Å²) in [6.45, 7) is 5.14. The van der Waals surface area contributed by atoms with E-state index in [9.17, 15) is 5.11 Å². The van der Waals surface area contributed by atoms with Crippen LogP contribution in [-0.4, -0.2) is 23.9 Å². The van der Waals surface area contributed by atoms with E-state index >= 15 is 0 Å². The Morgan fingerprint density at radius 1 is 1.46 bits per heavy atom. The van der Waals surface area contributed by atoms with Crippen LogP contribution < -0.4 is 0 Å². The van der Waals surface area contributed by atoms with Crippen LogP contribution in [0.5, 0.6) is 0 Å². The maximum atomic E-state index is 9.90. The lowest BCUT2D eigenvalue weighted by Crippen LogP contribution is -2.27. The van der Waals surface area contributed by atoms with E-state index in [2.05, 4.69) is 13.8 Å². The third-order valence-corrected chi connectivity index (χ3v) is 3.01. The van der Waals surface area contributed by atoms with Gasteiger partial charge in [-0.15, -0.1) is 0 Å². The maximum absolute atomic E-state index is 9.90. The van der Waals surface area contributed by atoms with Crippen molar-refractivity contribution in [2.24, 2.45) is 5.92 Å². The summed E-state index contributed by atoms with van der Waals surface area (Å²) in [5.41, 5.74) is 0. The molecule has 0 aromatic rings. The van der Waals surface area contributed by atoms with Gasteiger partial charge in [0, 0.05) is 12.5 Å². The molecule has 3 atom stereocenters. The van der Waals surface area contributed by atoms with E-state index in [1.54, 1.807) is 0 Å². The van der Waals surface area contributed by atoms with Gasteiger partial charge in [-0.05, 0) is 19.3 Å². The Hall–Kier alpha value is -0.0800. The summed E-state index contributed by atoms with van der Waals surface area (Å²) in [6, 6.07) is 0. The minimum atomic E-state index is -0.132. The van der Waals surface area contributed by atoms with Crippen molar-refractivity contribution in [3.63, 3.8) is 0 Å². The fraction of sp³-hybridized carbons (Fsp3) is 1.00. The SMILES string of the molecule is CCCCC(O)C1CCOC1CC. The van der Waals surface area contributed by atoms with Crippen LogP contribution in [0.3, 0.4) is 0 Å². The highest BCUT2D eigenvalue weighted by Gasteiger charge is 2.31. The molecule has 13 heavy (non-hydrogen) atoms. The molecule has 78 valence electrons. The Bertz CT molecular complexity index is 136. The molecule has 1 fully saturated rings. The molecule has 2 heteroatoms. The largest absolute Gasteiger partial charge is 0.393 e. The van der Waals surface area contributed by atoms with Gasteiger partial charge in [-0.3, -0.25) is 0 Å². The van der Waals surface area contributed by atoms with E-state index in [-0.39, 0.29) is 6.10 Å². The van der Waals surface area contributed by atoms with E-state index in [1.165, 1.54) is 6.42 Å². The summed E-state index contributed by atoms with van der Waals surface area (Å²) in [5, 5.41) is 9.90. The van der Waals surface area contributed by atoms with Crippen LogP contribution in [-0.2, 0) is 4.74 Å². The maximum Gasteiger partial charge on any atom is 0.0626 e. The van der Waals surface area contributed by atoms with Crippen molar-refractivity contribution >= 4 is 0 Å². The quantitative estimate of drug-likeness (QED) is 0.714. The molecule has 0 aliphatic carbocycles. The summed E-state index contributed by atoms with van der Waals surface area (Å²) in [5.74, 6) is 0.400. The number of rotatable bonds is 5. The van der Waals surface area contributed by atoms with Crippen molar-refractivity contribution in [1.82, 2.24) is 0 Å². The van der Waals surface area contributed by atoms with Crippen molar-refractivity contribution in [3.8, 4) is 0 Å². The van der Waals surface area contributed by atoms with Gasteiger partial charge in [0.15, 0.2) is 0 Å². The fourth-order valence-electron chi connectivity index (χ4n) is 2.15. The molecule has 2 nitrogen and oxygen atoms in total. The second-order valence-electron chi connectivity index (χ2n) is 3.98. The minimum absolute atomic E-state index is 0.132. The van der Waals surface area contributed by atoms with E-state index in [1.807, 2.05) is 0 Å². The predicted octanol–water partition coefficient (Wildman–Crippen LogP) is 2.35. The van der Waals surface area contributed by atoms with Crippen LogP contribution in [0.2, 0.25) is 0 Å².